The molecule has 1 aromatic rings. The average molecular weight is 268 g/mol. The first-order valence-corrected chi connectivity index (χ1v) is 7.96. The van der Waals surface area contributed by atoms with Gasteiger partial charge < -0.3 is 10.6 Å². The maximum absolute atomic E-state index is 12.3. The lowest BCUT2D eigenvalue weighted by atomic mass is 10.2. The van der Waals surface area contributed by atoms with Gasteiger partial charge in [-0.25, -0.2) is 8.42 Å². The maximum Gasteiger partial charge on any atom is 0.179 e. The molecule has 2 rings (SSSR count). The number of rotatable bonds is 4. The number of hydrogen-bond donors (Lipinski definition) is 1. The van der Waals surface area contributed by atoms with Crippen molar-refractivity contribution < 1.29 is 8.42 Å². The van der Waals surface area contributed by atoms with E-state index in [0.29, 0.717) is 22.7 Å². The monoisotopic (exact) mass is 268 g/mol. The zero-order chi connectivity index (χ0) is 13.2. The van der Waals surface area contributed by atoms with Gasteiger partial charge in [-0.1, -0.05) is 6.07 Å². The molecule has 0 unspecified atom stereocenters. The van der Waals surface area contributed by atoms with Crippen LogP contribution in [0.25, 0.3) is 0 Å². The van der Waals surface area contributed by atoms with Crippen molar-refractivity contribution in [2.45, 2.75) is 24.7 Å². The highest BCUT2D eigenvalue weighted by Crippen LogP contribution is 2.22. The van der Waals surface area contributed by atoms with Crippen molar-refractivity contribution >= 4 is 15.5 Å². The van der Waals surface area contributed by atoms with E-state index in [9.17, 15) is 8.42 Å². The number of nitrogen functional groups attached to an aromatic ring is 1. The smallest absolute Gasteiger partial charge is 0.179 e. The first kappa shape index (κ1) is 13.4. The van der Waals surface area contributed by atoms with E-state index in [1.807, 2.05) is 0 Å². The molecule has 1 heterocycles. The molecule has 1 fully saturated rings. The highest BCUT2D eigenvalue weighted by atomic mass is 32.2. The Labute approximate surface area is 109 Å². The number of nitrogens with two attached hydrogens (primary N) is 1. The van der Waals surface area contributed by atoms with E-state index in [1.165, 1.54) is 12.8 Å². The second-order valence-electron chi connectivity index (χ2n) is 4.84. The molecule has 0 amide bonds. The van der Waals surface area contributed by atoms with Crippen LogP contribution in [0.4, 0.5) is 5.69 Å². The predicted octanol–water partition coefficient (Wildman–Crippen LogP) is 1.45. The molecule has 2 N–H and O–H groups in total. The molecule has 1 saturated heterocycles. The fourth-order valence-electron chi connectivity index (χ4n) is 2.33. The summed E-state index contributed by atoms with van der Waals surface area (Å²) in [6.45, 7) is 4.42. The Kier molecular flexibility index (Phi) is 3.92. The van der Waals surface area contributed by atoms with Crippen LogP contribution in [-0.4, -0.2) is 38.7 Å². The summed E-state index contributed by atoms with van der Waals surface area (Å²) in [7, 11) is -3.22. The minimum absolute atomic E-state index is 0.178. The molecule has 0 saturated carbocycles. The first-order chi connectivity index (χ1) is 8.50. The van der Waals surface area contributed by atoms with Gasteiger partial charge in [0.2, 0.25) is 0 Å². The molecule has 18 heavy (non-hydrogen) atoms. The second-order valence-corrected chi connectivity index (χ2v) is 6.92. The van der Waals surface area contributed by atoms with E-state index in [-0.39, 0.29) is 5.75 Å². The quantitative estimate of drug-likeness (QED) is 0.839. The van der Waals surface area contributed by atoms with Crippen molar-refractivity contribution in [1.29, 1.82) is 0 Å². The molecular formula is C13H20N2O2S. The van der Waals surface area contributed by atoms with Crippen LogP contribution in [0, 0.1) is 6.92 Å². The molecule has 0 bridgehead atoms. The third-order valence-corrected chi connectivity index (χ3v) is 5.37. The SMILES string of the molecule is Cc1c(N)cccc1S(=O)(=O)CCN1CCCC1. The summed E-state index contributed by atoms with van der Waals surface area (Å²) < 4.78 is 24.6. The first-order valence-electron chi connectivity index (χ1n) is 6.31. The van der Waals surface area contributed by atoms with Gasteiger partial charge in [0.25, 0.3) is 0 Å². The number of hydrogen-bond acceptors (Lipinski definition) is 4. The minimum Gasteiger partial charge on any atom is -0.398 e. The summed E-state index contributed by atoms with van der Waals surface area (Å²) in [5.41, 5.74) is 6.97. The summed E-state index contributed by atoms with van der Waals surface area (Å²) in [5, 5.41) is 0. The molecule has 0 aromatic heterocycles. The average Bonchev–Trinajstić information content (AvgIpc) is 2.83. The van der Waals surface area contributed by atoms with Gasteiger partial charge in [0.1, 0.15) is 0 Å². The van der Waals surface area contributed by atoms with Crippen molar-refractivity contribution in [2.75, 3.05) is 31.1 Å². The lowest BCUT2D eigenvalue weighted by molar-refractivity contribution is 0.359. The van der Waals surface area contributed by atoms with Crippen molar-refractivity contribution in [1.82, 2.24) is 4.90 Å². The van der Waals surface area contributed by atoms with Crippen molar-refractivity contribution in [3.63, 3.8) is 0 Å². The number of likely N-dealkylation sites (tertiary alicyclic amines) is 1. The van der Waals surface area contributed by atoms with Crippen molar-refractivity contribution in [3.8, 4) is 0 Å². The molecule has 0 atom stereocenters. The lowest BCUT2D eigenvalue weighted by Crippen LogP contribution is -2.26. The highest BCUT2D eigenvalue weighted by molar-refractivity contribution is 7.91. The van der Waals surface area contributed by atoms with Crippen LogP contribution in [0.3, 0.4) is 0 Å². The van der Waals surface area contributed by atoms with Gasteiger partial charge in [0.15, 0.2) is 9.84 Å². The number of nitrogens with zero attached hydrogens (tertiary/aromatic N) is 1. The van der Waals surface area contributed by atoms with Gasteiger partial charge >= 0.3 is 0 Å². The second kappa shape index (κ2) is 5.28. The van der Waals surface area contributed by atoms with Crippen molar-refractivity contribution in [2.24, 2.45) is 0 Å². The summed E-state index contributed by atoms with van der Waals surface area (Å²) in [6.07, 6.45) is 2.36. The molecule has 5 heteroatoms. The number of benzene rings is 1. The van der Waals surface area contributed by atoms with E-state index in [1.54, 1.807) is 25.1 Å². The highest BCUT2D eigenvalue weighted by Gasteiger charge is 2.20. The van der Waals surface area contributed by atoms with Gasteiger partial charge in [-0.3, -0.25) is 0 Å². The normalized spacial score (nSPS) is 17.2. The molecule has 0 aliphatic carbocycles. The zero-order valence-corrected chi connectivity index (χ0v) is 11.5. The summed E-state index contributed by atoms with van der Waals surface area (Å²) >= 11 is 0. The van der Waals surface area contributed by atoms with Crippen LogP contribution >= 0.6 is 0 Å². The molecule has 0 radical (unpaired) electrons. The topological polar surface area (TPSA) is 63.4 Å². The largest absolute Gasteiger partial charge is 0.398 e. The van der Waals surface area contributed by atoms with Gasteiger partial charge in [-0.05, 0) is 50.6 Å². The van der Waals surface area contributed by atoms with E-state index in [2.05, 4.69) is 4.90 Å². The molecule has 100 valence electrons. The third kappa shape index (κ3) is 2.84. The lowest BCUT2D eigenvalue weighted by Gasteiger charge is -2.15. The fraction of sp³-hybridized carbons (Fsp3) is 0.538. The Hall–Kier alpha value is -1.07. The fourth-order valence-corrected chi connectivity index (χ4v) is 3.92. The van der Waals surface area contributed by atoms with Gasteiger partial charge in [0, 0.05) is 12.2 Å². The van der Waals surface area contributed by atoms with E-state index in [0.717, 1.165) is 13.1 Å². The number of anilines is 1. The van der Waals surface area contributed by atoms with Crippen LogP contribution in [0.2, 0.25) is 0 Å². The van der Waals surface area contributed by atoms with Crippen molar-refractivity contribution in [3.05, 3.63) is 23.8 Å². The Balaban J connectivity index is 2.12. The van der Waals surface area contributed by atoms with Crippen LogP contribution in [0.1, 0.15) is 18.4 Å². The number of sulfone groups is 1. The Morgan fingerprint density at radius 2 is 1.94 bits per heavy atom. The molecule has 0 spiro atoms. The maximum atomic E-state index is 12.3. The van der Waals surface area contributed by atoms with Gasteiger partial charge in [-0.2, -0.15) is 0 Å². The molecule has 1 aliphatic rings. The molecular weight excluding hydrogens is 248 g/mol. The summed E-state index contributed by atoms with van der Waals surface area (Å²) in [6, 6.07) is 5.07. The van der Waals surface area contributed by atoms with E-state index < -0.39 is 9.84 Å². The van der Waals surface area contributed by atoms with Crippen LogP contribution in [0.5, 0.6) is 0 Å². The van der Waals surface area contributed by atoms with Crippen LogP contribution in [-0.2, 0) is 9.84 Å². The molecule has 1 aliphatic heterocycles. The van der Waals surface area contributed by atoms with E-state index in [4.69, 9.17) is 5.73 Å². The summed E-state index contributed by atoms with van der Waals surface area (Å²) in [4.78, 5) is 2.58. The predicted molar refractivity (Wildman–Crippen MR) is 73.3 cm³/mol. The Morgan fingerprint density at radius 1 is 1.28 bits per heavy atom. The van der Waals surface area contributed by atoms with Gasteiger partial charge in [0.05, 0.1) is 10.6 Å². The van der Waals surface area contributed by atoms with E-state index >= 15 is 0 Å². The van der Waals surface area contributed by atoms with Gasteiger partial charge in [-0.15, -0.1) is 0 Å². The summed E-state index contributed by atoms with van der Waals surface area (Å²) in [5.74, 6) is 0.178. The molecule has 4 nitrogen and oxygen atoms in total. The molecule has 1 aromatic carbocycles. The van der Waals surface area contributed by atoms with Crippen LogP contribution in [0.15, 0.2) is 23.1 Å². The zero-order valence-electron chi connectivity index (χ0n) is 10.7. The van der Waals surface area contributed by atoms with Crippen LogP contribution < -0.4 is 5.73 Å². The Bertz CT molecular complexity index is 520. The standard InChI is InChI=1S/C13H20N2O2S/c1-11-12(14)5-4-6-13(11)18(16,17)10-9-15-7-2-3-8-15/h4-6H,2-3,7-10,14H2,1H3. The minimum atomic E-state index is -3.22. The Morgan fingerprint density at radius 3 is 2.61 bits per heavy atom. The third-order valence-electron chi connectivity index (χ3n) is 3.54.